The lowest BCUT2D eigenvalue weighted by molar-refractivity contribution is -0.137. The maximum Gasteiger partial charge on any atom is 0.303 e. The smallest absolute Gasteiger partial charge is 0.303 e. The average molecular weight is 262 g/mol. The second kappa shape index (κ2) is 4.85. The molecule has 1 heterocycles. The molecule has 1 fully saturated rings. The van der Waals surface area contributed by atoms with Crippen LogP contribution in [-0.2, 0) is 22.7 Å². The van der Waals surface area contributed by atoms with E-state index in [1.54, 1.807) is 7.11 Å². The van der Waals surface area contributed by atoms with Crippen LogP contribution in [0.2, 0.25) is 0 Å². The van der Waals surface area contributed by atoms with Crippen molar-refractivity contribution in [3.05, 3.63) is 28.8 Å². The molecule has 1 aromatic carbocycles. The van der Waals surface area contributed by atoms with Crippen LogP contribution in [0.5, 0.6) is 5.75 Å². The Morgan fingerprint density at radius 2 is 2.11 bits per heavy atom. The highest BCUT2D eigenvalue weighted by molar-refractivity contribution is 5.68. The fraction of sp³-hybridized carbons (Fsp3) is 0.533. The molecular weight excluding hydrogens is 244 g/mol. The number of benzene rings is 1. The van der Waals surface area contributed by atoms with Crippen molar-refractivity contribution in [2.45, 2.75) is 38.4 Å². The molecule has 1 aromatic rings. The van der Waals surface area contributed by atoms with Crippen LogP contribution in [-0.4, -0.2) is 18.2 Å². The number of carboxylic acids is 1. The summed E-state index contributed by atoms with van der Waals surface area (Å²) in [5.41, 5.74) is 3.37. The van der Waals surface area contributed by atoms with Crippen molar-refractivity contribution in [3.8, 4) is 5.75 Å². The van der Waals surface area contributed by atoms with Crippen LogP contribution in [0.25, 0.3) is 0 Å². The summed E-state index contributed by atoms with van der Waals surface area (Å²) in [4.78, 5) is 11.1. The van der Waals surface area contributed by atoms with E-state index in [0.717, 1.165) is 29.7 Å². The Morgan fingerprint density at radius 1 is 1.42 bits per heavy atom. The van der Waals surface area contributed by atoms with Crippen molar-refractivity contribution < 1.29 is 19.4 Å². The topological polar surface area (TPSA) is 55.8 Å². The first kappa shape index (κ1) is 12.5. The molecule has 19 heavy (non-hydrogen) atoms. The Hall–Kier alpha value is -1.55. The molecule has 102 valence electrons. The summed E-state index contributed by atoms with van der Waals surface area (Å²) in [6.07, 6.45) is 2.42. The van der Waals surface area contributed by atoms with E-state index in [2.05, 4.69) is 6.07 Å². The molecule has 0 saturated heterocycles. The molecule has 4 nitrogen and oxygen atoms in total. The van der Waals surface area contributed by atoms with Gasteiger partial charge in [-0.3, -0.25) is 4.79 Å². The van der Waals surface area contributed by atoms with Gasteiger partial charge in [-0.25, -0.2) is 0 Å². The molecule has 1 unspecified atom stereocenters. The monoisotopic (exact) mass is 262 g/mol. The van der Waals surface area contributed by atoms with Crippen LogP contribution in [0.4, 0.5) is 0 Å². The van der Waals surface area contributed by atoms with Crippen LogP contribution in [0.15, 0.2) is 12.1 Å². The first-order chi connectivity index (χ1) is 9.19. The van der Waals surface area contributed by atoms with E-state index in [1.165, 1.54) is 5.56 Å². The minimum Gasteiger partial charge on any atom is -0.496 e. The van der Waals surface area contributed by atoms with Gasteiger partial charge in [0.25, 0.3) is 0 Å². The number of ether oxygens (including phenoxy) is 2. The molecule has 1 aliphatic heterocycles. The molecule has 1 N–H and O–H groups in total. The molecule has 0 spiro atoms. The van der Waals surface area contributed by atoms with Crippen molar-refractivity contribution >= 4 is 5.97 Å². The molecule has 1 saturated carbocycles. The summed E-state index contributed by atoms with van der Waals surface area (Å²) in [5, 5.41) is 9.11. The van der Waals surface area contributed by atoms with Crippen molar-refractivity contribution in [3.63, 3.8) is 0 Å². The van der Waals surface area contributed by atoms with Crippen molar-refractivity contribution in [2.75, 3.05) is 7.11 Å². The molecular formula is C15H18O4. The van der Waals surface area contributed by atoms with Gasteiger partial charge in [0.1, 0.15) is 5.75 Å². The van der Waals surface area contributed by atoms with Gasteiger partial charge in [-0.05, 0) is 47.6 Å². The average Bonchev–Trinajstić information content (AvgIpc) is 3.12. The number of hydrogen-bond acceptors (Lipinski definition) is 3. The molecule has 0 aromatic heterocycles. The third kappa shape index (κ3) is 2.45. The fourth-order valence-electron chi connectivity index (χ4n) is 2.91. The summed E-state index contributed by atoms with van der Waals surface area (Å²) in [7, 11) is 1.64. The number of carbonyl (C=O) groups is 1. The quantitative estimate of drug-likeness (QED) is 0.886. The Labute approximate surface area is 112 Å². The minimum atomic E-state index is -0.740. The van der Waals surface area contributed by atoms with Gasteiger partial charge >= 0.3 is 5.97 Å². The second-order valence-corrected chi connectivity index (χ2v) is 5.40. The van der Waals surface area contributed by atoms with Crippen LogP contribution in [0.1, 0.15) is 41.9 Å². The zero-order valence-electron chi connectivity index (χ0n) is 11.0. The highest BCUT2D eigenvalue weighted by Gasteiger charge is 2.36. The van der Waals surface area contributed by atoms with E-state index < -0.39 is 5.97 Å². The summed E-state index contributed by atoms with van der Waals surface area (Å²) in [6.45, 7) is 1.25. The summed E-state index contributed by atoms with van der Waals surface area (Å²) in [5.74, 6) is 0.627. The number of hydrogen-bond donors (Lipinski definition) is 1. The van der Waals surface area contributed by atoms with Crippen molar-refractivity contribution in [1.82, 2.24) is 0 Å². The van der Waals surface area contributed by atoms with E-state index in [9.17, 15) is 4.79 Å². The standard InChI is InChI=1S/C15H18O4/c1-18-14-5-11-8-19-7-10(11)4-13(14)12(6-15(16)17)9-2-3-9/h4-5,9,12H,2-3,6-8H2,1H3,(H,16,17). The molecule has 0 bridgehead atoms. The van der Waals surface area contributed by atoms with Crippen molar-refractivity contribution in [1.29, 1.82) is 0 Å². The lowest BCUT2D eigenvalue weighted by Gasteiger charge is -2.19. The molecule has 4 heteroatoms. The number of rotatable bonds is 5. The zero-order valence-corrected chi connectivity index (χ0v) is 11.0. The summed E-state index contributed by atoms with van der Waals surface area (Å²) < 4.78 is 10.9. The van der Waals surface area contributed by atoms with Gasteiger partial charge in [0.2, 0.25) is 0 Å². The number of fused-ring (bicyclic) bond motifs is 1. The lowest BCUT2D eigenvalue weighted by Crippen LogP contribution is -2.10. The Bertz CT molecular complexity index is 505. The van der Waals surface area contributed by atoms with Gasteiger partial charge in [0, 0.05) is 5.92 Å². The Kier molecular flexibility index (Phi) is 3.19. The van der Waals surface area contributed by atoms with E-state index in [-0.39, 0.29) is 12.3 Å². The van der Waals surface area contributed by atoms with E-state index in [4.69, 9.17) is 14.6 Å². The maximum atomic E-state index is 11.1. The van der Waals surface area contributed by atoms with E-state index in [0.29, 0.717) is 19.1 Å². The maximum absolute atomic E-state index is 11.1. The molecule has 1 atom stereocenters. The number of carboxylic acid groups (broad SMARTS) is 1. The zero-order chi connectivity index (χ0) is 13.4. The first-order valence-corrected chi connectivity index (χ1v) is 6.68. The highest BCUT2D eigenvalue weighted by Crippen LogP contribution is 2.48. The van der Waals surface area contributed by atoms with Gasteiger partial charge in [0.05, 0.1) is 26.7 Å². The summed E-state index contributed by atoms with van der Waals surface area (Å²) >= 11 is 0. The Balaban J connectivity index is 1.99. The molecule has 0 amide bonds. The molecule has 2 aliphatic rings. The van der Waals surface area contributed by atoms with Crippen LogP contribution < -0.4 is 4.74 Å². The van der Waals surface area contributed by atoms with Crippen LogP contribution in [0, 0.1) is 5.92 Å². The van der Waals surface area contributed by atoms with Crippen LogP contribution >= 0.6 is 0 Å². The van der Waals surface area contributed by atoms with E-state index >= 15 is 0 Å². The number of methoxy groups -OCH3 is 1. The third-order valence-corrected chi connectivity index (χ3v) is 4.05. The predicted octanol–water partition coefficient (Wildman–Crippen LogP) is 2.69. The lowest BCUT2D eigenvalue weighted by atomic mass is 9.88. The molecule has 1 aliphatic carbocycles. The summed E-state index contributed by atoms with van der Waals surface area (Å²) in [6, 6.07) is 4.10. The largest absolute Gasteiger partial charge is 0.496 e. The van der Waals surface area contributed by atoms with Gasteiger partial charge in [-0.1, -0.05) is 0 Å². The van der Waals surface area contributed by atoms with E-state index in [1.807, 2.05) is 6.07 Å². The van der Waals surface area contributed by atoms with Gasteiger partial charge in [0.15, 0.2) is 0 Å². The first-order valence-electron chi connectivity index (χ1n) is 6.68. The van der Waals surface area contributed by atoms with Crippen molar-refractivity contribution in [2.24, 2.45) is 5.92 Å². The normalized spacial score (nSPS) is 19.0. The predicted molar refractivity (Wildman–Crippen MR) is 69.2 cm³/mol. The SMILES string of the molecule is COc1cc2c(cc1C(CC(=O)O)C1CC1)COC2. The molecule has 3 rings (SSSR count). The third-order valence-electron chi connectivity index (χ3n) is 4.05. The second-order valence-electron chi connectivity index (χ2n) is 5.40. The van der Waals surface area contributed by atoms with Crippen LogP contribution in [0.3, 0.4) is 0 Å². The van der Waals surface area contributed by atoms with Gasteiger partial charge < -0.3 is 14.6 Å². The fourth-order valence-corrected chi connectivity index (χ4v) is 2.91. The van der Waals surface area contributed by atoms with Gasteiger partial charge in [-0.2, -0.15) is 0 Å². The van der Waals surface area contributed by atoms with Gasteiger partial charge in [-0.15, -0.1) is 0 Å². The molecule has 0 radical (unpaired) electrons. The minimum absolute atomic E-state index is 0.0679. The highest BCUT2D eigenvalue weighted by atomic mass is 16.5. The number of aliphatic carboxylic acids is 1. The Morgan fingerprint density at radius 3 is 2.68 bits per heavy atom.